The molecule has 1 aromatic rings. The van der Waals surface area contributed by atoms with Crippen LogP contribution in [0.15, 0.2) is 4.52 Å². The van der Waals surface area contributed by atoms with Crippen LogP contribution in [0.2, 0.25) is 0 Å². The minimum absolute atomic E-state index is 0.0118. The Balaban J connectivity index is 1.73. The van der Waals surface area contributed by atoms with E-state index in [0.717, 1.165) is 12.8 Å². The van der Waals surface area contributed by atoms with Crippen molar-refractivity contribution in [3.8, 4) is 6.07 Å². The highest BCUT2D eigenvalue weighted by molar-refractivity contribution is 5.79. The number of hydrogen-bond acceptors (Lipinski definition) is 6. The SMILES string of the molecule is Cc1noc(C2(C)CCC(N(C)CC(=O)N3CC(F)CC3C#N)C2(C)C)n1. The predicted octanol–water partition coefficient (Wildman–Crippen LogP) is 2.22. The van der Waals surface area contributed by atoms with Crippen molar-refractivity contribution in [3.05, 3.63) is 11.7 Å². The zero-order valence-corrected chi connectivity index (χ0v) is 16.7. The van der Waals surface area contributed by atoms with E-state index in [1.807, 2.05) is 18.0 Å². The number of likely N-dealkylation sites (tertiary alicyclic amines) is 1. The average Bonchev–Trinajstić information content (AvgIpc) is 3.25. The highest BCUT2D eigenvalue weighted by Crippen LogP contribution is 2.54. The number of carbonyl (C=O) groups is 1. The van der Waals surface area contributed by atoms with Gasteiger partial charge in [-0.15, -0.1) is 0 Å². The highest BCUT2D eigenvalue weighted by atomic mass is 19.1. The number of hydrogen-bond donors (Lipinski definition) is 0. The number of rotatable bonds is 4. The molecule has 2 fully saturated rings. The van der Waals surface area contributed by atoms with Crippen molar-refractivity contribution < 1.29 is 13.7 Å². The maximum absolute atomic E-state index is 13.6. The van der Waals surface area contributed by atoms with E-state index in [0.29, 0.717) is 11.7 Å². The number of nitrogens with zero attached hydrogens (tertiary/aromatic N) is 5. The van der Waals surface area contributed by atoms with Crippen LogP contribution in [-0.4, -0.2) is 64.2 Å². The van der Waals surface area contributed by atoms with E-state index >= 15 is 0 Å². The van der Waals surface area contributed by atoms with Gasteiger partial charge in [0.15, 0.2) is 5.82 Å². The first-order valence-electron chi connectivity index (χ1n) is 9.44. The lowest BCUT2D eigenvalue weighted by molar-refractivity contribution is -0.133. The molecule has 0 N–H and O–H groups in total. The molecule has 1 aromatic heterocycles. The molecule has 0 radical (unpaired) electrons. The molecule has 1 amide bonds. The third-order valence-corrected chi connectivity index (χ3v) is 6.81. The minimum atomic E-state index is -1.11. The number of likely N-dealkylation sites (N-methyl/N-ethyl adjacent to an activating group) is 1. The Morgan fingerprint density at radius 1 is 1.48 bits per heavy atom. The normalized spacial score (nSPS) is 32.8. The Morgan fingerprint density at radius 2 is 2.19 bits per heavy atom. The van der Waals surface area contributed by atoms with Gasteiger partial charge in [-0.2, -0.15) is 10.2 Å². The van der Waals surface area contributed by atoms with Crippen molar-refractivity contribution in [1.29, 1.82) is 5.26 Å². The molecule has 0 bridgehead atoms. The molecule has 1 saturated heterocycles. The molecule has 0 spiro atoms. The van der Waals surface area contributed by atoms with Gasteiger partial charge in [0.05, 0.1) is 24.6 Å². The summed E-state index contributed by atoms with van der Waals surface area (Å²) in [6.45, 7) is 8.44. The molecular weight excluding hydrogens is 349 g/mol. The Hall–Kier alpha value is -2.01. The first kappa shape index (κ1) is 19.7. The molecule has 1 saturated carbocycles. The first-order chi connectivity index (χ1) is 12.6. The van der Waals surface area contributed by atoms with Crippen LogP contribution >= 0.6 is 0 Å². The van der Waals surface area contributed by atoms with Crippen molar-refractivity contribution in [2.45, 2.75) is 70.6 Å². The lowest BCUT2D eigenvalue weighted by Crippen LogP contribution is -2.50. The Bertz CT molecular complexity index is 758. The van der Waals surface area contributed by atoms with Crippen LogP contribution in [0.4, 0.5) is 4.39 Å². The molecule has 3 rings (SSSR count). The maximum atomic E-state index is 13.6. The number of carbonyl (C=O) groups excluding carboxylic acids is 1. The van der Waals surface area contributed by atoms with Crippen LogP contribution < -0.4 is 0 Å². The van der Waals surface area contributed by atoms with Gasteiger partial charge in [-0.3, -0.25) is 9.69 Å². The lowest BCUT2D eigenvalue weighted by Gasteiger charge is -2.42. The van der Waals surface area contributed by atoms with Crippen molar-refractivity contribution in [2.24, 2.45) is 5.41 Å². The molecular formula is C19H28FN5O2. The summed E-state index contributed by atoms with van der Waals surface area (Å²) < 4.78 is 19.1. The summed E-state index contributed by atoms with van der Waals surface area (Å²) in [4.78, 5) is 20.6. The Morgan fingerprint density at radius 3 is 2.78 bits per heavy atom. The monoisotopic (exact) mass is 377 g/mol. The molecule has 4 unspecified atom stereocenters. The van der Waals surface area contributed by atoms with E-state index in [9.17, 15) is 14.4 Å². The second kappa shape index (κ2) is 6.86. The van der Waals surface area contributed by atoms with E-state index in [1.54, 1.807) is 6.92 Å². The van der Waals surface area contributed by atoms with Gasteiger partial charge < -0.3 is 9.42 Å². The fraction of sp³-hybridized carbons (Fsp3) is 0.789. The van der Waals surface area contributed by atoms with Gasteiger partial charge in [0.1, 0.15) is 12.2 Å². The zero-order chi connectivity index (χ0) is 20.0. The van der Waals surface area contributed by atoms with E-state index in [-0.39, 0.29) is 42.3 Å². The van der Waals surface area contributed by atoms with Gasteiger partial charge in [0, 0.05) is 12.5 Å². The number of halogens is 1. The standard InChI is InChI=1S/C19H28FN5O2/c1-12-22-17(27-23-12)19(4)7-6-15(18(19,2)3)24(5)11-16(26)25-10-13(20)8-14(25)9-21/h13-15H,6-8,10-11H2,1-5H3. The summed E-state index contributed by atoms with van der Waals surface area (Å²) in [5, 5.41) is 13.1. The molecule has 1 aliphatic carbocycles. The molecule has 0 aromatic carbocycles. The summed E-state index contributed by atoms with van der Waals surface area (Å²) in [5.41, 5.74) is -0.494. The summed E-state index contributed by atoms with van der Waals surface area (Å²) >= 11 is 0. The summed E-state index contributed by atoms with van der Waals surface area (Å²) in [6.07, 6.45) is 0.760. The number of nitriles is 1. The van der Waals surface area contributed by atoms with E-state index in [1.165, 1.54) is 4.90 Å². The highest BCUT2D eigenvalue weighted by Gasteiger charge is 2.56. The predicted molar refractivity (Wildman–Crippen MR) is 96.4 cm³/mol. The van der Waals surface area contributed by atoms with Crippen LogP contribution in [-0.2, 0) is 10.2 Å². The molecule has 2 heterocycles. The van der Waals surface area contributed by atoms with Crippen molar-refractivity contribution in [1.82, 2.24) is 19.9 Å². The largest absolute Gasteiger partial charge is 0.339 e. The van der Waals surface area contributed by atoms with Crippen LogP contribution in [0.1, 0.15) is 51.7 Å². The Labute approximate surface area is 159 Å². The molecule has 4 atom stereocenters. The fourth-order valence-corrected chi connectivity index (χ4v) is 4.75. The van der Waals surface area contributed by atoms with Crippen LogP contribution in [0.5, 0.6) is 0 Å². The van der Waals surface area contributed by atoms with Crippen molar-refractivity contribution in [3.63, 3.8) is 0 Å². The van der Waals surface area contributed by atoms with Crippen LogP contribution in [0, 0.1) is 23.7 Å². The second-order valence-electron chi connectivity index (χ2n) is 8.69. The lowest BCUT2D eigenvalue weighted by atomic mass is 9.67. The number of aryl methyl sites for hydroxylation is 1. The third-order valence-electron chi connectivity index (χ3n) is 6.81. The maximum Gasteiger partial charge on any atom is 0.237 e. The smallest absolute Gasteiger partial charge is 0.237 e. The minimum Gasteiger partial charge on any atom is -0.339 e. The Kier molecular flexibility index (Phi) is 5.02. The van der Waals surface area contributed by atoms with Crippen molar-refractivity contribution >= 4 is 5.91 Å². The average molecular weight is 377 g/mol. The quantitative estimate of drug-likeness (QED) is 0.800. The van der Waals surface area contributed by atoms with Crippen LogP contribution in [0.25, 0.3) is 0 Å². The fourth-order valence-electron chi connectivity index (χ4n) is 4.75. The number of alkyl halides is 1. The van der Waals surface area contributed by atoms with Crippen LogP contribution in [0.3, 0.4) is 0 Å². The van der Waals surface area contributed by atoms with Crippen molar-refractivity contribution in [2.75, 3.05) is 20.1 Å². The van der Waals surface area contributed by atoms with Gasteiger partial charge in [-0.1, -0.05) is 25.9 Å². The molecule has 148 valence electrons. The molecule has 1 aliphatic heterocycles. The topological polar surface area (TPSA) is 86.3 Å². The zero-order valence-electron chi connectivity index (χ0n) is 16.7. The molecule has 27 heavy (non-hydrogen) atoms. The van der Waals surface area contributed by atoms with E-state index in [4.69, 9.17) is 4.52 Å². The summed E-state index contributed by atoms with van der Waals surface area (Å²) in [5.74, 6) is 1.06. The summed E-state index contributed by atoms with van der Waals surface area (Å²) in [7, 11) is 1.92. The second-order valence-corrected chi connectivity index (χ2v) is 8.69. The first-order valence-corrected chi connectivity index (χ1v) is 9.44. The molecule has 8 heteroatoms. The third kappa shape index (κ3) is 3.22. The summed E-state index contributed by atoms with van der Waals surface area (Å²) in [6, 6.07) is 1.51. The molecule has 2 aliphatic rings. The molecule has 7 nitrogen and oxygen atoms in total. The van der Waals surface area contributed by atoms with E-state index in [2.05, 4.69) is 30.9 Å². The van der Waals surface area contributed by atoms with E-state index < -0.39 is 12.2 Å². The number of aromatic nitrogens is 2. The van der Waals surface area contributed by atoms with Gasteiger partial charge in [-0.25, -0.2) is 4.39 Å². The van der Waals surface area contributed by atoms with Gasteiger partial charge >= 0.3 is 0 Å². The number of amides is 1. The van der Waals surface area contributed by atoms with Gasteiger partial charge in [-0.05, 0) is 32.2 Å². The van der Waals surface area contributed by atoms with Gasteiger partial charge in [0.25, 0.3) is 0 Å². The van der Waals surface area contributed by atoms with Gasteiger partial charge in [0.2, 0.25) is 11.8 Å².